The van der Waals surface area contributed by atoms with Gasteiger partial charge in [-0.3, -0.25) is 4.90 Å². The summed E-state index contributed by atoms with van der Waals surface area (Å²) in [5.74, 6) is 1.71. The number of aromatic amines is 1. The standard InChI is InChI=1S/C19H19BrN4/c20-15-3-4-18-16(7-15)13(8-21-18)10-24-6-5-17-14(11-24)9-22-19(23-17)12-1-2-12/h3-4,7-9,12,21H,1-2,5-6,10-11H2. The summed E-state index contributed by atoms with van der Waals surface area (Å²) in [7, 11) is 0. The summed E-state index contributed by atoms with van der Waals surface area (Å²) in [6.07, 6.45) is 7.76. The Labute approximate surface area is 149 Å². The molecule has 5 heteroatoms. The predicted molar refractivity (Wildman–Crippen MR) is 97.8 cm³/mol. The van der Waals surface area contributed by atoms with Gasteiger partial charge in [-0.05, 0) is 36.6 Å². The van der Waals surface area contributed by atoms with E-state index in [9.17, 15) is 0 Å². The molecule has 1 aliphatic carbocycles. The van der Waals surface area contributed by atoms with E-state index >= 15 is 0 Å². The van der Waals surface area contributed by atoms with Gasteiger partial charge in [0.05, 0.1) is 0 Å². The Bertz CT molecular complexity index is 913. The van der Waals surface area contributed by atoms with Crippen molar-refractivity contribution in [2.75, 3.05) is 6.54 Å². The van der Waals surface area contributed by atoms with Crippen molar-refractivity contribution >= 4 is 26.8 Å². The molecule has 0 bridgehead atoms. The molecule has 1 aromatic carbocycles. The van der Waals surface area contributed by atoms with Crippen molar-refractivity contribution in [1.29, 1.82) is 0 Å². The van der Waals surface area contributed by atoms with Crippen LogP contribution in [0.2, 0.25) is 0 Å². The van der Waals surface area contributed by atoms with Gasteiger partial charge in [0.1, 0.15) is 5.82 Å². The molecule has 0 radical (unpaired) electrons. The van der Waals surface area contributed by atoms with E-state index in [1.54, 1.807) is 0 Å². The monoisotopic (exact) mass is 382 g/mol. The van der Waals surface area contributed by atoms with Crippen LogP contribution in [-0.4, -0.2) is 26.4 Å². The van der Waals surface area contributed by atoms with Crippen LogP contribution in [0.4, 0.5) is 0 Å². The second kappa shape index (κ2) is 5.67. The van der Waals surface area contributed by atoms with E-state index < -0.39 is 0 Å². The maximum Gasteiger partial charge on any atom is 0.131 e. The number of aromatic nitrogens is 3. The molecule has 0 amide bonds. The van der Waals surface area contributed by atoms with Gasteiger partial charge in [-0.2, -0.15) is 0 Å². The van der Waals surface area contributed by atoms with Gasteiger partial charge in [-0.1, -0.05) is 15.9 Å². The quantitative estimate of drug-likeness (QED) is 0.739. The lowest BCUT2D eigenvalue weighted by Gasteiger charge is -2.27. The number of fused-ring (bicyclic) bond motifs is 2. The lowest BCUT2D eigenvalue weighted by atomic mass is 10.1. The molecule has 0 unspecified atom stereocenters. The van der Waals surface area contributed by atoms with Crippen LogP contribution in [0.25, 0.3) is 10.9 Å². The minimum absolute atomic E-state index is 0.637. The van der Waals surface area contributed by atoms with Crippen molar-refractivity contribution < 1.29 is 0 Å². The van der Waals surface area contributed by atoms with Gasteiger partial charge in [0.15, 0.2) is 0 Å². The highest BCUT2D eigenvalue weighted by atomic mass is 79.9. The van der Waals surface area contributed by atoms with Gasteiger partial charge >= 0.3 is 0 Å². The first-order valence-electron chi connectivity index (χ1n) is 8.59. The molecule has 0 atom stereocenters. The Hall–Kier alpha value is -1.72. The topological polar surface area (TPSA) is 44.8 Å². The lowest BCUT2D eigenvalue weighted by Crippen LogP contribution is -2.31. The normalized spacial score (nSPS) is 18.0. The van der Waals surface area contributed by atoms with Gasteiger partial charge in [0.2, 0.25) is 0 Å². The Morgan fingerprint density at radius 1 is 1.29 bits per heavy atom. The third-order valence-corrected chi connectivity index (χ3v) is 5.59. The highest BCUT2D eigenvalue weighted by Gasteiger charge is 2.28. The van der Waals surface area contributed by atoms with Crippen LogP contribution in [0, 0.1) is 0 Å². The number of benzene rings is 1. The van der Waals surface area contributed by atoms with E-state index in [1.165, 1.54) is 40.6 Å². The first kappa shape index (κ1) is 14.6. The van der Waals surface area contributed by atoms with E-state index in [0.29, 0.717) is 5.92 Å². The molecule has 1 N–H and O–H groups in total. The molecule has 0 spiro atoms. The smallest absolute Gasteiger partial charge is 0.131 e. The van der Waals surface area contributed by atoms with Gasteiger partial charge in [0.25, 0.3) is 0 Å². The summed E-state index contributed by atoms with van der Waals surface area (Å²) in [5, 5.41) is 1.30. The molecule has 0 saturated heterocycles. The SMILES string of the molecule is Brc1ccc2[nH]cc(CN3CCc4nc(C5CC5)ncc4C3)c2c1. The zero-order valence-electron chi connectivity index (χ0n) is 13.4. The number of rotatable bonds is 3. The first-order valence-corrected chi connectivity index (χ1v) is 9.38. The van der Waals surface area contributed by atoms with Gasteiger partial charge in [-0.15, -0.1) is 0 Å². The van der Waals surface area contributed by atoms with Crippen molar-refractivity contribution in [3.05, 3.63) is 57.7 Å². The summed E-state index contributed by atoms with van der Waals surface area (Å²) in [4.78, 5) is 15.3. The molecule has 24 heavy (non-hydrogen) atoms. The van der Waals surface area contributed by atoms with Crippen molar-refractivity contribution in [2.45, 2.75) is 38.3 Å². The molecule has 1 aliphatic heterocycles. The fourth-order valence-electron chi connectivity index (χ4n) is 3.59. The molecule has 1 fully saturated rings. The van der Waals surface area contributed by atoms with Crippen LogP contribution < -0.4 is 0 Å². The largest absolute Gasteiger partial charge is 0.361 e. The third kappa shape index (κ3) is 2.66. The number of hydrogen-bond donors (Lipinski definition) is 1. The number of halogens is 1. The molecule has 3 aromatic rings. The van der Waals surface area contributed by atoms with Gasteiger partial charge in [-0.25, -0.2) is 9.97 Å². The molecular weight excluding hydrogens is 364 g/mol. The number of hydrogen-bond acceptors (Lipinski definition) is 3. The summed E-state index contributed by atoms with van der Waals surface area (Å²) < 4.78 is 1.13. The van der Waals surface area contributed by atoms with Crippen LogP contribution >= 0.6 is 15.9 Å². The minimum Gasteiger partial charge on any atom is -0.361 e. The average Bonchev–Trinajstić information content (AvgIpc) is 3.38. The summed E-state index contributed by atoms with van der Waals surface area (Å²) >= 11 is 3.58. The minimum atomic E-state index is 0.637. The molecule has 122 valence electrons. The number of nitrogens with one attached hydrogen (secondary N) is 1. The molecule has 2 aliphatic rings. The van der Waals surface area contributed by atoms with Crippen LogP contribution in [0.3, 0.4) is 0 Å². The molecular formula is C19H19BrN4. The maximum absolute atomic E-state index is 4.82. The van der Waals surface area contributed by atoms with E-state index in [0.717, 1.165) is 36.4 Å². The Kier molecular flexibility index (Phi) is 3.45. The van der Waals surface area contributed by atoms with Crippen LogP contribution in [0.15, 0.2) is 35.1 Å². The second-order valence-corrected chi connectivity index (χ2v) is 7.85. The van der Waals surface area contributed by atoms with Crippen molar-refractivity contribution in [2.24, 2.45) is 0 Å². The van der Waals surface area contributed by atoms with E-state index in [4.69, 9.17) is 4.98 Å². The summed E-state index contributed by atoms with van der Waals surface area (Å²) in [6, 6.07) is 6.40. The lowest BCUT2D eigenvalue weighted by molar-refractivity contribution is 0.243. The zero-order valence-corrected chi connectivity index (χ0v) is 15.0. The number of nitrogens with zero attached hydrogens (tertiary/aromatic N) is 3. The summed E-state index contributed by atoms with van der Waals surface area (Å²) in [5.41, 5.74) is 5.12. The fourth-order valence-corrected chi connectivity index (χ4v) is 3.95. The Morgan fingerprint density at radius 3 is 3.08 bits per heavy atom. The highest BCUT2D eigenvalue weighted by Crippen LogP contribution is 2.38. The fraction of sp³-hybridized carbons (Fsp3) is 0.368. The van der Waals surface area contributed by atoms with Crippen molar-refractivity contribution in [1.82, 2.24) is 19.9 Å². The third-order valence-electron chi connectivity index (χ3n) is 5.10. The van der Waals surface area contributed by atoms with E-state index in [2.05, 4.69) is 61.4 Å². The van der Waals surface area contributed by atoms with Crippen LogP contribution in [-0.2, 0) is 19.5 Å². The van der Waals surface area contributed by atoms with Gasteiger partial charge in [0, 0.05) is 71.0 Å². The molecule has 4 nitrogen and oxygen atoms in total. The van der Waals surface area contributed by atoms with Crippen LogP contribution in [0.1, 0.15) is 41.4 Å². The second-order valence-electron chi connectivity index (χ2n) is 6.94. The predicted octanol–water partition coefficient (Wildman–Crippen LogP) is 4.16. The Morgan fingerprint density at radius 2 is 2.21 bits per heavy atom. The van der Waals surface area contributed by atoms with Crippen LogP contribution in [0.5, 0.6) is 0 Å². The highest BCUT2D eigenvalue weighted by molar-refractivity contribution is 9.10. The van der Waals surface area contributed by atoms with E-state index in [-0.39, 0.29) is 0 Å². The molecule has 5 rings (SSSR count). The van der Waals surface area contributed by atoms with Crippen molar-refractivity contribution in [3.63, 3.8) is 0 Å². The molecule has 1 saturated carbocycles. The summed E-state index contributed by atoms with van der Waals surface area (Å²) in [6.45, 7) is 2.97. The molecule has 3 heterocycles. The first-order chi connectivity index (χ1) is 11.8. The Balaban J connectivity index is 1.37. The zero-order chi connectivity index (χ0) is 16.1. The molecule has 2 aromatic heterocycles. The number of H-pyrrole nitrogens is 1. The average molecular weight is 383 g/mol. The maximum atomic E-state index is 4.82. The van der Waals surface area contributed by atoms with Crippen molar-refractivity contribution in [3.8, 4) is 0 Å². The van der Waals surface area contributed by atoms with E-state index in [1.807, 2.05) is 0 Å². The van der Waals surface area contributed by atoms with Gasteiger partial charge < -0.3 is 4.98 Å².